The molecule has 0 saturated carbocycles. The Morgan fingerprint density at radius 1 is 1.50 bits per heavy atom. The molecule has 0 aliphatic heterocycles. The Bertz CT molecular complexity index is 767. The van der Waals surface area contributed by atoms with Gasteiger partial charge in [-0.3, -0.25) is 9.78 Å². The zero-order chi connectivity index (χ0) is 17.7. The van der Waals surface area contributed by atoms with Crippen molar-refractivity contribution in [1.82, 2.24) is 10.3 Å². The first-order chi connectivity index (χ1) is 11.3. The van der Waals surface area contributed by atoms with Crippen LogP contribution in [0.5, 0.6) is 5.75 Å². The molecule has 1 aromatic carbocycles. The van der Waals surface area contributed by atoms with Gasteiger partial charge in [-0.05, 0) is 67.0 Å². The Morgan fingerprint density at radius 2 is 2.25 bits per heavy atom. The predicted molar refractivity (Wildman–Crippen MR) is 105 cm³/mol. The number of ether oxygens (including phenoxy) is 1. The number of hydrogen-bond acceptors (Lipinski definition) is 6. The number of halogens is 1. The van der Waals surface area contributed by atoms with E-state index in [-0.39, 0.29) is 5.91 Å². The third kappa shape index (κ3) is 4.97. The number of carbonyl (C=O) groups is 1. The zero-order valence-corrected chi connectivity index (χ0v) is 16.5. The maximum absolute atomic E-state index is 12.4. The van der Waals surface area contributed by atoms with Crippen LogP contribution in [0, 0.1) is 3.57 Å². The van der Waals surface area contributed by atoms with Gasteiger partial charge >= 0.3 is 0 Å². The minimum absolute atomic E-state index is 0.298. The first kappa shape index (κ1) is 18.8. The van der Waals surface area contributed by atoms with Crippen molar-refractivity contribution in [2.75, 3.05) is 6.26 Å². The highest BCUT2D eigenvalue weighted by Gasteiger charge is 2.26. The molecule has 128 valence electrons. The summed E-state index contributed by atoms with van der Waals surface area (Å²) in [6.07, 6.45) is 4.85. The van der Waals surface area contributed by atoms with Gasteiger partial charge < -0.3 is 15.3 Å². The van der Waals surface area contributed by atoms with Crippen molar-refractivity contribution in [2.24, 2.45) is 5.16 Å². The second kappa shape index (κ2) is 8.02. The van der Waals surface area contributed by atoms with Crippen molar-refractivity contribution in [2.45, 2.75) is 24.8 Å². The van der Waals surface area contributed by atoms with E-state index in [4.69, 9.17) is 9.94 Å². The Labute approximate surface area is 158 Å². The molecule has 2 rings (SSSR count). The average molecular weight is 459 g/mol. The van der Waals surface area contributed by atoms with Crippen LogP contribution in [0.4, 0.5) is 0 Å². The van der Waals surface area contributed by atoms with E-state index in [0.29, 0.717) is 5.75 Å². The first-order valence-electron chi connectivity index (χ1n) is 7.10. The second-order valence-electron chi connectivity index (χ2n) is 5.65. The average Bonchev–Trinajstić information content (AvgIpc) is 2.51. The normalized spacial score (nSPS) is 13.2. The van der Waals surface area contributed by atoms with Crippen molar-refractivity contribution >= 4 is 57.4 Å². The fourth-order valence-corrected chi connectivity index (χ4v) is 3.00. The van der Waals surface area contributed by atoms with Crippen LogP contribution < -0.4 is 10.1 Å². The fourth-order valence-electron chi connectivity index (χ4n) is 2.04. The predicted octanol–water partition coefficient (Wildman–Crippen LogP) is 3.26. The fraction of sp³-hybridized carbons (Fsp3) is 0.312. The lowest BCUT2D eigenvalue weighted by molar-refractivity contribution is -0.125. The van der Waals surface area contributed by atoms with E-state index in [9.17, 15) is 4.79 Å². The van der Waals surface area contributed by atoms with Gasteiger partial charge in [-0.25, -0.2) is 0 Å². The smallest absolute Gasteiger partial charge is 0.272 e. The van der Waals surface area contributed by atoms with E-state index in [2.05, 4.69) is 38.0 Å². The summed E-state index contributed by atoms with van der Waals surface area (Å²) >= 11 is 3.48. The quantitative estimate of drug-likeness (QED) is 0.228. The number of oxime groups is 1. The SMILES string of the molecule is CSC(Oc1ccc2ncc(I)cc2c1)C(=O)NC(C)(C)C=NO. The van der Waals surface area contributed by atoms with E-state index in [1.54, 1.807) is 32.4 Å². The molecule has 0 radical (unpaired) electrons. The molecule has 24 heavy (non-hydrogen) atoms. The third-order valence-electron chi connectivity index (χ3n) is 3.12. The summed E-state index contributed by atoms with van der Waals surface area (Å²) < 4.78 is 6.84. The lowest BCUT2D eigenvalue weighted by Crippen LogP contribution is -2.49. The van der Waals surface area contributed by atoms with Crippen LogP contribution >= 0.6 is 34.4 Å². The minimum atomic E-state index is -0.771. The molecule has 1 atom stereocenters. The Hall–Kier alpha value is -1.55. The summed E-state index contributed by atoms with van der Waals surface area (Å²) in [7, 11) is 0. The van der Waals surface area contributed by atoms with Crippen molar-refractivity contribution in [3.8, 4) is 5.75 Å². The van der Waals surface area contributed by atoms with Gasteiger partial charge in [-0.1, -0.05) is 5.16 Å². The molecule has 1 amide bonds. The number of thioether (sulfide) groups is 1. The zero-order valence-electron chi connectivity index (χ0n) is 13.5. The van der Waals surface area contributed by atoms with Gasteiger partial charge in [-0.2, -0.15) is 0 Å². The van der Waals surface area contributed by atoms with Crippen LogP contribution in [-0.4, -0.2) is 39.5 Å². The molecule has 0 saturated heterocycles. The van der Waals surface area contributed by atoms with Gasteiger partial charge in [0.25, 0.3) is 5.91 Å². The van der Waals surface area contributed by atoms with Crippen LogP contribution in [0.3, 0.4) is 0 Å². The highest BCUT2D eigenvalue weighted by atomic mass is 127. The second-order valence-corrected chi connectivity index (χ2v) is 7.79. The molecule has 0 aliphatic rings. The van der Waals surface area contributed by atoms with E-state index >= 15 is 0 Å². The number of aromatic nitrogens is 1. The molecule has 0 spiro atoms. The van der Waals surface area contributed by atoms with E-state index in [1.165, 1.54) is 18.0 Å². The number of benzene rings is 1. The molecule has 1 heterocycles. The summed E-state index contributed by atoms with van der Waals surface area (Å²) in [6, 6.07) is 7.52. The molecule has 0 aliphatic carbocycles. The van der Waals surface area contributed by atoms with Crippen LogP contribution in [-0.2, 0) is 4.79 Å². The van der Waals surface area contributed by atoms with Crippen LogP contribution in [0.2, 0.25) is 0 Å². The van der Waals surface area contributed by atoms with Gasteiger partial charge in [0, 0.05) is 15.2 Å². The number of amides is 1. The van der Waals surface area contributed by atoms with Crippen LogP contribution in [0.25, 0.3) is 10.9 Å². The molecule has 0 fully saturated rings. The van der Waals surface area contributed by atoms with E-state index < -0.39 is 11.0 Å². The Balaban J connectivity index is 2.16. The summed E-state index contributed by atoms with van der Waals surface area (Å²) in [5, 5.41) is 15.3. The maximum Gasteiger partial charge on any atom is 0.272 e. The lowest BCUT2D eigenvalue weighted by Gasteiger charge is -2.24. The van der Waals surface area contributed by atoms with Crippen molar-refractivity contribution < 1.29 is 14.7 Å². The number of fused-ring (bicyclic) bond motifs is 1. The molecule has 2 aromatic rings. The van der Waals surface area contributed by atoms with Crippen LogP contribution in [0.1, 0.15) is 13.8 Å². The lowest BCUT2D eigenvalue weighted by atomic mass is 10.1. The first-order valence-corrected chi connectivity index (χ1v) is 9.46. The molecule has 1 unspecified atom stereocenters. The summed E-state index contributed by atoms with van der Waals surface area (Å²) in [4.78, 5) is 16.7. The van der Waals surface area contributed by atoms with Crippen molar-refractivity contribution in [3.05, 3.63) is 34.0 Å². The molecular formula is C16H18IN3O3S. The van der Waals surface area contributed by atoms with Gasteiger partial charge in [0.15, 0.2) is 0 Å². The standard InChI is InChI=1S/C16H18IN3O3S/c1-16(2,9-19-22)20-14(21)15(24-3)23-12-4-5-13-10(7-12)6-11(17)8-18-13/h4-9,15,22H,1-3H3,(H,20,21). The number of nitrogens with one attached hydrogen (secondary N) is 1. The topological polar surface area (TPSA) is 83.8 Å². The molecule has 6 nitrogen and oxygen atoms in total. The number of hydrogen-bond donors (Lipinski definition) is 2. The number of nitrogens with zero attached hydrogens (tertiary/aromatic N) is 2. The summed E-state index contributed by atoms with van der Waals surface area (Å²) in [5.74, 6) is 0.294. The minimum Gasteiger partial charge on any atom is -0.470 e. The Kier molecular flexibility index (Phi) is 6.27. The van der Waals surface area contributed by atoms with E-state index in [1.807, 2.05) is 18.2 Å². The number of pyridine rings is 1. The largest absolute Gasteiger partial charge is 0.470 e. The molecule has 8 heteroatoms. The molecular weight excluding hydrogens is 441 g/mol. The van der Waals surface area contributed by atoms with Gasteiger partial charge in [0.2, 0.25) is 5.44 Å². The van der Waals surface area contributed by atoms with Gasteiger partial charge in [-0.15, -0.1) is 11.8 Å². The number of carbonyl (C=O) groups excluding carboxylic acids is 1. The van der Waals surface area contributed by atoms with E-state index in [0.717, 1.165) is 14.5 Å². The monoisotopic (exact) mass is 459 g/mol. The highest BCUT2D eigenvalue weighted by Crippen LogP contribution is 2.24. The summed E-state index contributed by atoms with van der Waals surface area (Å²) in [6.45, 7) is 3.46. The summed E-state index contributed by atoms with van der Waals surface area (Å²) in [5.41, 5.74) is -0.621. The molecule has 2 N–H and O–H groups in total. The molecule has 1 aromatic heterocycles. The molecule has 0 bridgehead atoms. The van der Waals surface area contributed by atoms with Gasteiger partial charge in [0.1, 0.15) is 5.75 Å². The third-order valence-corrected chi connectivity index (χ3v) is 4.44. The maximum atomic E-state index is 12.4. The van der Waals surface area contributed by atoms with Crippen LogP contribution in [0.15, 0.2) is 35.6 Å². The van der Waals surface area contributed by atoms with Gasteiger partial charge in [0.05, 0.1) is 17.3 Å². The highest BCUT2D eigenvalue weighted by molar-refractivity contribution is 14.1. The Morgan fingerprint density at radius 3 is 2.92 bits per heavy atom. The van der Waals surface area contributed by atoms with Crippen molar-refractivity contribution in [1.29, 1.82) is 0 Å². The number of rotatable bonds is 6. The van der Waals surface area contributed by atoms with Crippen molar-refractivity contribution in [3.63, 3.8) is 0 Å².